The van der Waals surface area contributed by atoms with Crippen molar-refractivity contribution in [1.82, 2.24) is 20.5 Å². The van der Waals surface area contributed by atoms with Crippen LogP contribution in [-0.2, 0) is 19.4 Å². The molecule has 0 radical (unpaired) electrons. The van der Waals surface area contributed by atoms with Gasteiger partial charge in [0.2, 0.25) is 0 Å². The molecule has 1 aromatic heterocycles. The van der Waals surface area contributed by atoms with E-state index in [1.807, 2.05) is 7.05 Å². The third kappa shape index (κ3) is 2.46. The van der Waals surface area contributed by atoms with Crippen LogP contribution in [0.5, 0.6) is 0 Å². The number of nitrogens with zero attached hydrogens (tertiary/aromatic N) is 3. The zero-order valence-corrected chi connectivity index (χ0v) is 11.4. The minimum absolute atomic E-state index is 0.700. The van der Waals surface area contributed by atoms with Gasteiger partial charge in [-0.3, -0.25) is 5.10 Å². The van der Waals surface area contributed by atoms with Gasteiger partial charge >= 0.3 is 0 Å². The van der Waals surface area contributed by atoms with Crippen LogP contribution < -0.4 is 10.2 Å². The highest BCUT2D eigenvalue weighted by Gasteiger charge is 2.15. The summed E-state index contributed by atoms with van der Waals surface area (Å²) in [5.41, 5.74) is 4.09. The van der Waals surface area contributed by atoms with Gasteiger partial charge in [-0.15, -0.1) is 0 Å². The number of hydrogen-bond acceptors (Lipinski definition) is 4. The third-order valence-corrected chi connectivity index (χ3v) is 3.56. The lowest BCUT2D eigenvalue weighted by atomic mass is 10.1. The smallest absolute Gasteiger partial charge is 0.164 e. The molecular weight excluding hydrogens is 238 g/mol. The van der Waals surface area contributed by atoms with Crippen LogP contribution in [0, 0.1) is 0 Å². The molecule has 19 heavy (non-hydrogen) atoms. The Balaban J connectivity index is 1.76. The van der Waals surface area contributed by atoms with E-state index in [1.165, 1.54) is 16.8 Å². The molecule has 1 aliphatic rings. The molecule has 0 fully saturated rings. The summed E-state index contributed by atoms with van der Waals surface area (Å²) in [6.07, 6.45) is 1.95. The first-order valence-electron chi connectivity index (χ1n) is 6.64. The summed E-state index contributed by atoms with van der Waals surface area (Å²) in [6.45, 7) is 1.82. The number of aromatic nitrogens is 3. The minimum atomic E-state index is 0.700. The second-order valence-electron chi connectivity index (χ2n) is 5.04. The quantitative estimate of drug-likeness (QED) is 0.861. The van der Waals surface area contributed by atoms with Crippen LogP contribution in [0.4, 0.5) is 5.69 Å². The maximum atomic E-state index is 4.46. The first-order chi connectivity index (χ1) is 9.26. The van der Waals surface area contributed by atoms with E-state index in [1.54, 1.807) is 0 Å². The molecule has 5 nitrogen and oxygen atoms in total. The Morgan fingerprint density at radius 2 is 2.32 bits per heavy atom. The van der Waals surface area contributed by atoms with Crippen molar-refractivity contribution >= 4 is 5.69 Å². The van der Waals surface area contributed by atoms with Crippen molar-refractivity contribution in [2.75, 3.05) is 25.5 Å². The number of fused-ring (bicyclic) bond motifs is 1. The van der Waals surface area contributed by atoms with Crippen LogP contribution in [0.1, 0.15) is 22.8 Å². The fourth-order valence-electron chi connectivity index (χ4n) is 2.57. The molecule has 0 saturated heterocycles. The summed E-state index contributed by atoms with van der Waals surface area (Å²) >= 11 is 0. The number of rotatable bonds is 4. The van der Waals surface area contributed by atoms with Crippen LogP contribution in [0.15, 0.2) is 18.2 Å². The highest BCUT2D eigenvalue weighted by Crippen LogP contribution is 2.27. The SMILES string of the molecule is CNCc1n[nH]c(Cc2ccc3c(c2)CCN3C)n1. The van der Waals surface area contributed by atoms with Gasteiger partial charge in [0, 0.05) is 25.7 Å². The molecule has 0 atom stereocenters. The maximum absolute atomic E-state index is 4.46. The number of likely N-dealkylation sites (N-methyl/N-ethyl adjacent to an activating group) is 1. The highest BCUT2D eigenvalue weighted by atomic mass is 15.2. The lowest BCUT2D eigenvalue weighted by molar-refractivity contribution is 0.762. The Labute approximate surface area is 113 Å². The Kier molecular flexibility index (Phi) is 3.21. The van der Waals surface area contributed by atoms with Crippen molar-refractivity contribution in [1.29, 1.82) is 0 Å². The Hall–Kier alpha value is -1.88. The summed E-state index contributed by atoms with van der Waals surface area (Å²) in [6, 6.07) is 6.68. The van der Waals surface area contributed by atoms with Gasteiger partial charge < -0.3 is 10.2 Å². The van der Waals surface area contributed by atoms with Crippen LogP contribution >= 0.6 is 0 Å². The van der Waals surface area contributed by atoms with E-state index in [4.69, 9.17) is 0 Å². The molecule has 0 amide bonds. The number of nitrogens with one attached hydrogen (secondary N) is 2. The minimum Gasteiger partial charge on any atom is -0.374 e. The monoisotopic (exact) mass is 257 g/mol. The Bertz CT molecular complexity index is 575. The zero-order chi connectivity index (χ0) is 13.2. The average Bonchev–Trinajstić information content (AvgIpc) is 2.98. The number of H-pyrrole nitrogens is 1. The van der Waals surface area contributed by atoms with Gasteiger partial charge in [0.15, 0.2) is 5.82 Å². The Morgan fingerprint density at radius 3 is 3.16 bits per heavy atom. The standard InChI is InChI=1S/C14H19N5/c1-15-9-14-16-13(17-18-14)8-10-3-4-12-11(7-10)5-6-19(12)2/h3-4,7,15H,5-6,8-9H2,1-2H3,(H,16,17,18). The maximum Gasteiger partial charge on any atom is 0.164 e. The van der Waals surface area contributed by atoms with Gasteiger partial charge in [0.25, 0.3) is 0 Å². The van der Waals surface area contributed by atoms with E-state index in [2.05, 4.69) is 50.6 Å². The van der Waals surface area contributed by atoms with Crippen molar-refractivity contribution in [2.45, 2.75) is 19.4 Å². The fraction of sp³-hybridized carbons (Fsp3) is 0.429. The lowest BCUT2D eigenvalue weighted by Crippen LogP contribution is -2.12. The van der Waals surface area contributed by atoms with E-state index in [0.29, 0.717) is 6.54 Å². The Morgan fingerprint density at radius 1 is 1.42 bits per heavy atom. The predicted octanol–water partition coefficient (Wildman–Crippen LogP) is 1.11. The van der Waals surface area contributed by atoms with Crippen LogP contribution in [0.25, 0.3) is 0 Å². The summed E-state index contributed by atoms with van der Waals surface area (Å²) in [7, 11) is 4.04. The fourth-order valence-corrected chi connectivity index (χ4v) is 2.57. The van der Waals surface area contributed by atoms with Crippen molar-refractivity contribution in [3.8, 4) is 0 Å². The van der Waals surface area contributed by atoms with Gasteiger partial charge in [-0.05, 0) is 30.7 Å². The number of benzene rings is 1. The first-order valence-corrected chi connectivity index (χ1v) is 6.64. The van der Waals surface area contributed by atoms with E-state index in [0.717, 1.165) is 31.0 Å². The summed E-state index contributed by atoms with van der Waals surface area (Å²) in [4.78, 5) is 6.77. The van der Waals surface area contributed by atoms with Gasteiger partial charge in [-0.1, -0.05) is 12.1 Å². The zero-order valence-electron chi connectivity index (χ0n) is 11.4. The van der Waals surface area contributed by atoms with Gasteiger partial charge in [0.1, 0.15) is 5.82 Å². The van der Waals surface area contributed by atoms with Crippen molar-refractivity contribution in [3.63, 3.8) is 0 Å². The molecule has 100 valence electrons. The molecule has 0 bridgehead atoms. The van der Waals surface area contributed by atoms with E-state index < -0.39 is 0 Å². The average molecular weight is 257 g/mol. The number of aromatic amines is 1. The molecule has 0 spiro atoms. The molecule has 5 heteroatoms. The van der Waals surface area contributed by atoms with E-state index in [9.17, 15) is 0 Å². The number of hydrogen-bond donors (Lipinski definition) is 2. The predicted molar refractivity (Wildman–Crippen MR) is 75.4 cm³/mol. The van der Waals surface area contributed by atoms with Gasteiger partial charge in [-0.2, -0.15) is 5.10 Å². The molecule has 0 unspecified atom stereocenters. The molecule has 2 aromatic rings. The second kappa shape index (κ2) is 5.01. The molecule has 2 heterocycles. The molecule has 1 aliphatic heterocycles. The summed E-state index contributed by atoms with van der Waals surface area (Å²) in [5.74, 6) is 1.75. The van der Waals surface area contributed by atoms with Gasteiger partial charge in [0.05, 0.1) is 6.54 Å². The van der Waals surface area contributed by atoms with Crippen LogP contribution in [0.2, 0.25) is 0 Å². The van der Waals surface area contributed by atoms with Crippen molar-refractivity contribution in [2.24, 2.45) is 0 Å². The van der Waals surface area contributed by atoms with E-state index in [-0.39, 0.29) is 0 Å². The molecule has 0 saturated carbocycles. The van der Waals surface area contributed by atoms with Crippen molar-refractivity contribution in [3.05, 3.63) is 41.0 Å². The summed E-state index contributed by atoms with van der Waals surface area (Å²) < 4.78 is 0. The number of anilines is 1. The summed E-state index contributed by atoms with van der Waals surface area (Å²) in [5, 5.41) is 10.2. The largest absolute Gasteiger partial charge is 0.374 e. The molecule has 1 aromatic carbocycles. The van der Waals surface area contributed by atoms with Crippen molar-refractivity contribution < 1.29 is 0 Å². The normalized spacial score (nSPS) is 13.9. The third-order valence-electron chi connectivity index (χ3n) is 3.56. The topological polar surface area (TPSA) is 56.8 Å². The van der Waals surface area contributed by atoms with Crippen LogP contribution in [0.3, 0.4) is 0 Å². The highest BCUT2D eigenvalue weighted by molar-refractivity contribution is 5.58. The van der Waals surface area contributed by atoms with Gasteiger partial charge in [-0.25, -0.2) is 4.98 Å². The molecule has 2 N–H and O–H groups in total. The molecule has 3 rings (SSSR count). The molecule has 0 aliphatic carbocycles. The lowest BCUT2D eigenvalue weighted by Gasteiger charge is -2.11. The first kappa shape index (κ1) is 12.2. The van der Waals surface area contributed by atoms with E-state index >= 15 is 0 Å². The van der Waals surface area contributed by atoms with Crippen LogP contribution in [-0.4, -0.2) is 35.8 Å². The second-order valence-corrected chi connectivity index (χ2v) is 5.04. The molecular formula is C14H19N5.